The van der Waals surface area contributed by atoms with E-state index in [1.54, 1.807) is 6.20 Å². The molecule has 0 aliphatic carbocycles. The maximum absolute atomic E-state index is 10.5. The number of hydrogen-bond donors (Lipinski definition) is 3. The van der Waals surface area contributed by atoms with E-state index in [9.17, 15) is 10.1 Å². The normalized spacial score (nSPS) is 27.5. The summed E-state index contributed by atoms with van der Waals surface area (Å²) in [6.45, 7) is 0.880. The molecule has 1 atom stereocenters. The molecule has 1 unspecified atom stereocenters. The zero-order chi connectivity index (χ0) is 8.55. The SMILES string of the molecule is O=[N+]([O-])N1CNC2NCNC=C21. The molecule has 1 fully saturated rings. The van der Waals surface area contributed by atoms with Crippen LogP contribution in [-0.2, 0) is 0 Å². The van der Waals surface area contributed by atoms with Crippen LogP contribution in [-0.4, -0.2) is 29.5 Å². The molecular weight excluding hydrogens is 162 g/mol. The van der Waals surface area contributed by atoms with E-state index in [-0.39, 0.29) is 12.8 Å². The summed E-state index contributed by atoms with van der Waals surface area (Å²) in [6.07, 6.45) is 1.57. The molecule has 0 spiro atoms. The highest BCUT2D eigenvalue weighted by Gasteiger charge is 2.35. The van der Waals surface area contributed by atoms with E-state index in [2.05, 4.69) is 16.0 Å². The largest absolute Gasteiger partial charge is 0.377 e. The second kappa shape index (κ2) is 2.61. The summed E-state index contributed by atoms with van der Waals surface area (Å²) in [4.78, 5) is 10.5. The van der Waals surface area contributed by atoms with Crippen molar-refractivity contribution in [3.63, 3.8) is 0 Å². The molecule has 2 aliphatic heterocycles. The van der Waals surface area contributed by atoms with Gasteiger partial charge in [0, 0.05) is 6.20 Å². The lowest BCUT2D eigenvalue weighted by molar-refractivity contribution is -0.641. The average molecular weight is 171 g/mol. The van der Waals surface area contributed by atoms with Crippen LogP contribution in [0, 0.1) is 10.1 Å². The van der Waals surface area contributed by atoms with Crippen LogP contribution in [0.15, 0.2) is 11.9 Å². The maximum Gasteiger partial charge on any atom is 0.166 e. The number of fused-ring (bicyclic) bond motifs is 1. The number of hydrogen-bond acceptors (Lipinski definition) is 5. The first-order chi connectivity index (χ1) is 5.79. The van der Waals surface area contributed by atoms with Gasteiger partial charge in [-0.1, -0.05) is 5.01 Å². The second-order valence-corrected chi connectivity index (χ2v) is 2.59. The summed E-state index contributed by atoms with van der Waals surface area (Å²) < 4.78 is 0. The van der Waals surface area contributed by atoms with Crippen molar-refractivity contribution in [1.29, 1.82) is 0 Å². The predicted molar refractivity (Wildman–Crippen MR) is 39.8 cm³/mol. The number of nitro groups is 1. The quantitative estimate of drug-likeness (QED) is 0.324. The smallest absolute Gasteiger partial charge is 0.166 e. The van der Waals surface area contributed by atoms with E-state index in [1.807, 2.05) is 0 Å². The molecule has 0 aromatic heterocycles. The average Bonchev–Trinajstić information content (AvgIpc) is 2.47. The summed E-state index contributed by atoms with van der Waals surface area (Å²) in [5.41, 5.74) is 0.631. The summed E-state index contributed by atoms with van der Waals surface area (Å²) in [5.74, 6) is 0. The molecule has 2 rings (SSSR count). The summed E-state index contributed by atoms with van der Waals surface area (Å²) >= 11 is 0. The Hall–Kier alpha value is -1.34. The summed E-state index contributed by atoms with van der Waals surface area (Å²) in [7, 11) is 0. The van der Waals surface area contributed by atoms with Crippen molar-refractivity contribution in [1.82, 2.24) is 21.0 Å². The third kappa shape index (κ3) is 0.990. The van der Waals surface area contributed by atoms with E-state index < -0.39 is 5.03 Å². The molecule has 0 bridgehead atoms. The Bertz CT molecular complexity index is 240. The van der Waals surface area contributed by atoms with Gasteiger partial charge in [0.05, 0.1) is 6.67 Å². The monoisotopic (exact) mass is 171 g/mol. The minimum Gasteiger partial charge on any atom is -0.377 e. The van der Waals surface area contributed by atoms with E-state index in [1.165, 1.54) is 0 Å². The van der Waals surface area contributed by atoms with Crippen LogP contribution in [0.3, 0.4) is 0 Å². The Balaban J connectivity index is 2.20. The van der Waals surface area contributed by atoms with E-state index in [4.69, 9.17) is 0 Å². The van der Waals surface area contributed by atoms with Crippen molar-refractivity contribution in [2.45, 2.75) is 6.17 Å². The maximum atomic E-state index is 10.5. The Morgan fingerprint density at radius 1 is 1.67 bits per heavy atom. The molecule has 0 radical (unpaired) electrons. The van der Waals surface area contributed by atoms with Crippen LogP contribution in [0.4, 0.5) is 0 Å². The highest BCUT2D eigenvalue weighted by molar-refractivity contribution is 5.12. The van der Waals surface area contributed by atoms with Gasteiger partial charge in [-0.15, -0.1) is 0 Å². The molecule has 12 heavy (non-hydrogen) atoms. The zero-order valence-electron chi connectivity index (χ0n) is 6.28. The van der Waals surface area contributed by atoms with Crippen molar-refractivity contribution >= 4 is 0 Å². The first-order valence-electron chi connectivity index (χ1n) is 3.61. The molecular formula is C5H9N5O2. The van der Waals surface area contributed by atoms with Gasteiger partial charge in [-0.05, 0) is 0 Å². The van der Waals surface area contributed by atoms with Crippen molar-refractivity contribution in [3.05, 3.63) is 22.0 Å². The summed E-state index contributed by atoms with van der Waals surface area (Å²) in [5, 5.41) is 20.0. The van der Waals surface area contributed by atoms with E-state index in [0.717, 1.165) is 5.01 Å². The van der Waals surface area contributed by atoms with Crippen LogP contribution >= 0.6 is 0 Å². The molecule has 3 N–H and O–H groups in total. The van der Waals surface area contributed by atoms with Gasteiger partial charge in [0.1, 0.15) is 18.5 Å². The third-order valence-corrected chi connectivity index (χ3v) is 1.89. The Labute approximate surface area is 68.5 Å². The number of nitrogens with one attached hydrogen (secondary N) is 3. The first kappa shape index (κ1) is 7.32. The van der Waals surface area contributed by atoms with E-state index >= 15 is 0 Å². The van der Waals surface area contributed by atoms with Gasteiger partial charge >= 0.3 is 0 Å². The minimum atomic E-state index is -0.423. The van der Waals surface area contributed by atoms with Gasteiger partial charge < -0.3 is 5.32 Å². The fraction of sp³-hybridized carbons (Fsp3) is 0.600. The number of nitrogens with zero attached hydrogens (tertiary/aromatic N) is 2. The Morgan fingerprint density at radius 3 is 3.25 bits per heavy atom. The van der Waals surface area contributed by atoms with Crippen LogP contribution in [0.1, 0.15) is 0 Å². The molecule has 7 heteroatoms. The predicted octanol–water partition coefficient (Wildman–Crippen LogP) is -1.64. The number of rotatable bonds is 1. The summed E-state index contributed by atoms with van der Waals surface area (Å²) in [6, 6.07) is 0. The van der Waals surface area contributed by atoms with Crippen molar-refractivity contribution in [2.75, 3.05) is 13.3 Å². The first-order valence-corrected chi connectivity index (χ1v) is 3.61. The van der Waals surface area contributed by atoms with Gasteiger partial charge in [-0.3, -0.25) is 10.6 Å². The Kier molecular flexibility index (Phi) is 1.59. The second-order valence-electron chi connectivity index (χ2n) is 2.59. The molecule has 66 valence electrons. The molecule has 0 saturated carbocycles. The van der Waals surface area contributed by atoms with Crippen LogP contribution in [0.2, 0.25) is 0 Å². The van der Waals surface area contributed by atoms with Crippen LogP contribution < -0.4 is 16.0 Å². The topological polar surface area (TPSA) is 82.5 Å². The van der Waals surface area contributed by atoms with Gasteiger partial charge in [-0.2, -0.15) is 0 Å². The standard InChI is InChI=1S/C5H9N5O2/c11-10(12)9-3-8-5-4(9)1-6-2-7-5/h1,5-8H,2-3H2. The van der Waals surface area contributed by atoms with Gasteiger partial charge in [-0.25, -0.2) is 10.1 Å². The van der Waals surface area contributed by atoms with Crippen LogP contribution in [0.5, 0.6) is 0 Å². The Morgan fingerprint density at radius 2 is 2.50 bits per heavy atom. The lowest BCUT2D eigenvalue weighted by atomic mass is 10.3. The molecule has 2 aliphatic rings. The van der Waals surface area contributed by atoms with E-state index in [0.29, 0.717) is 12.4 Å². The molecule has 7 nitrogen and oxygen atoms in total. The van der Waals surface area contributed by atoms with Crippen molar-refractivity contribution in [2.24, 2.45) is 0 Å². The molecule has 1 saturated heterocycles. The lowest BCUT2D eigenvalue weighted by Gasteiger charge is -2.19. The van der Waals surface area contributed by atoms with Crippen molar-refractivity contribution in [3.8, 4) is 0 Å². The fourth-order valence-corrected chi connectivity index (χ4v) is 1.33. The van der Waals surface area contributed by atoms with Crippen molar-refractivity contribution < 1.29 is 5.03 Å². The van der Waals surface area contributed by atoms with Gasteiger partial charge in [0.25, 0.3) is 0 Å². The molecule has 0 aromatic rings. The minimum absolute atomic E-state index is 0.0864. The molecule has 0 aromatic carbocycles. The fourth-order valence-electron chi connectivity index (χ4n) is 1.33. The van der Waals surface area contributed by atoms with Gasteiger partial charge in [0.15, 0.2) is 5.03 Å². The number of hydrazine groups is 1. The lowest BCUT2D eigenvalue weighted by Crippen LogP contribution is -2.46. The molecule has 2 heterocycles. The highest BCUT2D eigenvalue weighted by atomic mass is 16.7. The van der Waals surface area contributed by atoms with Gasteiger partial charge in [0.2, 0.25) is 0 Å². The third-order valence-electron chi connectivity index (χ3n) is 1.89. The molecule has 0 amide bonds. The highest BCUT2D eigenvalue weighted by Crippen LogP contribution is 2.14. The zero-order valence-corrected chi connectivity index (χ0v) is 6.28. The van der Waals surface area contributed by atoms with Crippen LogP contribution in [0.25, 0.3) is 0 Å².